The number of halogens is 1. The number of nitrogens with one attached hydrogen (secondary N) is 1. The van der Waals surface area contributed by atoms with Gasteiger partial charge in [-0.2, -0.15) is 0 Å². The third-order valence-electron chi connectivity index (χ3n) is 5.69. The van der Waals surface area contributed by atoms with Gasteiger partial charge in [-0.25, -0.2) is 13.1 Å². The molecule has 1 aromatic carbocycles. The molecule has 4 atom stereocenters. The van der Waals surface area contributed by atoms with E-state index in [9.17, 15) is 8.42 Å². The summed E-state index contributed by atoms with van der Waals surface area (Å²) in [6.45, 7) is 1.78. The highest BCUT2D eigenvalue weighted by Gasteiger charge is 2.65. The monoisotopic (exact) mass is 326 g/mol. The fourth-order valence-corrected chi connectivity index (χ4v) is 6.21. The van der Waals surface area contributed by atoms with Crippen LogP contribution in [-0.2, 0) is 10.0 Å². The Morgan fingerprint density at radius 3 is 2.43 bits per heavy atom. The highest BCUT2D eigenvalue weighted by Crippen LogP contribution is 2.65. The van der Waals surface area contributed by atoms with E-state index in [1.807, 2.05) is 0 Å². The molecule has 21 heavy (non-hydrogen) atoms. The Balaban J connectivity index is 1.58. The van der Waals surface area contributed by atoms with Crippen LogP contribution in [0.25, 0.3) is 0 Å². The van der Waals surface area contributed by atoms with E-state index in [-0.39, 0.29) is 10.9 Å². The second-order valence-corrected chi connectivity index (χ2v) is 8.88. The number of nitrogens with two attached hydrogens (primary N) is 1. The molecule has 6 heteroatoms. The van der Waals surface area contributed by atoms with Gasteiger partial charge in [0.05, 0.1) is 4.90 Å². The van der Waals surface area contributed by atoms with E-state index in [0.717, 1.165) is 17.4 Å². The van der Waals surface area contributed by atoms with Crippen molar-refractivity contribution < 1.29 is 8.42 Å². The molecule has 0 spiro atoms. The highest BCUT2D eigenvalue weighted by atomic mass is 35.5. The Morgan fingerprint density at radius 2 is 1.86 bits per heavy atom. The third-order valence-corrected chi connectivity index (χ3v) is 7.53. The van der Waals surface area contributed by atoms with E-state index < -0.39 is 10.0 Å². The Labute approximate surface area is 130 Å². The highest BCUT2D eigenvalue weighted by molar-refractivity contribution is 7.89. The summed E-state index contributed by atoms with van der Waals surface area (Å²) in [4.78, 5) is 0.174. The number of hydrogen-bond donors (Lipinski definition) is 2. The first-order valence-electron chi connectivity index (χ1n) is 7.46. The average molecular weight is 327 g/mol. The molecule has 4 unspecified atom stereocenters. The second-order valence-electron chi connectivity index (χ2n) is 6.75. The molecular weight excluding hydrogens is 308 g/mol. The number of hydrogen-bond acceptors (Lipinski definition) is 3. The average Bonchev–Trinajstić information content (AvgIpc) is 2.83. The Bertz CT molecular complexity index is 679. The van der Waals surface area contributed by atoms with Crippen LogP contribution >= 0.6 is 11.6 Å². The Morgan fingerprint density at radius 1 is 1.24 bits per heavy atom. The molecule has 0 saturated heterocycles. The van der Waals surface area contributed by atoms with Crippen LogP contribution in [0.5, 0.6) is 0 Å². The summed E-state index contributed by atoms with van der Waals surface area (Å²) in [6.07, 6.45) is 3.84. The zero-order valence-electron chi connectivity index (χ0n) is 11.8. The van der Waals surface area contributed by atoms with Gasteiger partial charge in [0.2, 0.25) is 10.0 Å². The minimum atomic E-state index is -3.53. The predicted octanol–water partition coefficient (Wildman–Crippen LogP) is 2.55. The number of rotatable bonds is 3. The van der Waals surface area contributed by atoms with Gasteiger partial charge in [0.25, 0.3) is 0 Å². The van der Waals surface area contributed by atoms with Crippen LogP contribution in [-0.4, -0.2) is 14.5 Å². The largest absolute Gasteiger partial charge is 0.398 e. The van der Waals surface area contributed by atoms with E-state index >= 15 is 0 Å². The van der Waals surface area contributed by atoms with E-state index in [0.29, 0.717) is 22.5 Å². The van der Waals surface area contributed by atoms with Gasteiger partial charge in [0.15, 0.2) is 0 Å². The van der Waals surface area contributed by atoms with Crippen LogP contribution in [0.1, 0.15) is 24.8 Å². The van der Waals surface area contributed by atoms with Crippen molar-refractivity contribution in [3.8, 4) is 0 Å². The first-order valence-corrected chi connectivity index (χ1v) is 9.32. The van der Waals surface area contributed by atoms with Crippen molar-refractivity contribution in [3.05, 3.63) is 22.7 Å². The normalized spacial score (nSPS) is 36.8. The molecule has 2 bridgehead atoms. The topological polar surface area (TPSA) is 72.2 Å². The lowest BCUT2D eigenvalue weighted by Gasteiger charge is -2.13. The summed E-state index contributed by atoms with van der Waals surface area (Å²) in [5.74, 6) is 2.60. The van der Waals surface area contributed by atoms with Gasteiger partial charge in [-0.1, -0.05) is 11.6 Å². The summed E-state index contributed by atoms with van der Waals surface area (Å²) in [5, 5.41) is 0.395. The van der Waals surface area contributed by atoms with Crippen molar-refractivity contribution in [3.63, 3.8) is 0 Å². The summed E-state index contributed by atoms with van der Waals surface area (Å²) in [7, 11) is -3.53. The van der Waals surface area contributed by atoms with E-state index in [4.69, 9.17) is 17.3 Å². The van der Waals surface area contributed by atoms with Crippen molar-refractivity contribution in [2.75, 3.05) is 5.73 Å². The maximum absolute atomic E-state index is 12.5. The van der Waals surface area contributed by atoms with Crippen LogP contribution in [0.2, 0.25) is 5.02 Å². The summed E-state index contributed by atoms with van der Waals surface area (Å²) in [6, 6.07) is 3.11. The smallest absolute Gasteiger partial charge is 0.240 e. The van der Waals surface area contributed by atoms with Crippen molar-refractivity contribution >= 4 is 27.3 Å². The van der Waals surface area contributed by atoms with Gasteiger partial charge < -0.3 is 5.73 Å². The van der Waals surface area contributed by atoms with Crippen molar-refractivity contribution in [1.29, 1.82) is 0 Å². The van der Waals surface area contributed by atoms with Crippen LogP contribution in [0.15, 0.2) is 17.0 Å². The van der Waals surface area contributed by atoms with E-state index in [1.54, 1.807) is 6.92 Å². The molecule has 3 aliphatic rings. The summed E-state index contributed by atoms with van der Waals surface area (Å²) < 4.78 is 28.0. The van der Waals surface area contributed by atoms with Crippen molar-refractivity contribution in [1.82, 2.24) is 4.72 Å². The molecular formula is C15H19ClN2O2S. The number of nitrogen functional groups attached to an aromatic ring is 1. The lowest BCUT2D eigenvalue weighted by Crippen LogP contribution is -2.30. The standard InChI is InChI=1S/C15H19ClN2O2S/c1-7-11(16)5-10(6-12(7)17)21(19,20)18-15-13-8-2-3-9(4-8)14(13)15/h5-6,8-9,13-15,18H,2-4,17H2,1H3. The molecule has 3 saturated carbocycles. The fraction of sp³-hybridized carbons (Fsp3) is 0.600. The molecule has 1 aromatic rings. The van der Waals surface area contributed by atoms with E-state index in [1.165, 1.54) is 31.4 Å². The van der Waals surface area contributed by atoms with Crippen LogP contribution in [0, 0.1) is 30.6 Å². The zero-order valence-corrected chi connectivity index (χ0v) is 13.4. The van der Waals surface area contributed by atoms with Crippen molar-refractivity contribution in [2.24, 2.45) is 23.7 Å². The summed E-state index contributed by atoms with van der Waals surface area (Å²) in [5.41, 5.74) is 6.97. The molecule has 0 aromatic heterocycles. The Kier molecular flexibility index (Phi) is 2.88. The van der Waals surface area contributed by atoms with Gasteiger partial charge in [0, 0.05) is 16.8 Å². The van der Waals surface area contributed by atoms with Gasteiger partial charge in [-0.15, -0.1) is 0 Å². The minimum Gasteiger partial charge on any atom is -0.398 e. The second kappa shape index (κ2) is 4.37. The molecule has 0 amide bonds. The van der Waals surface area contributed by atoms with Crippen LogP contribution in [0.4, 0.5) is 5.69 Å². The van der Waals surface area contributed by atoms with Gasteiger partial charge in [0.1, 0.15) is 0 Å². The molecule has 3 aliphatic carbocycles. The van der Waals surface area contributed by atoms with E-state index in [2.05, 4.69) is 4.72 Å². The first kappa shape index (κ1) is 13.9. The lowest BCUT2D eigenvalue weighted by atomic mass is 10.0. The maximum atomic E-state index is 12.5. The van der Waals surface area contributed by atoms with Crippen LogP contribution < -0.4 is 10.5 Å². The molecule has 3 fully saturated rings. The molecule has 0 aliphatic heterocycles. The number of fused-ring (bicyclic) bond motifs is 5. The predicted molar refractivity (Wildman–Crippen MR) is 82.5 cm³/mol. The lowest BCUT2D eigenvalue weighted by molar-refractivity contribution is 0.456. The maximum Gasteiger partial charge on any atom is 0.240 e. The van der Waals surface area contributed by atoms with Crippen LogP contribution in [0.3, 0.4) is 0 Å². The molecule has 3 N–H and O–H groups in total. The molecule has 0 radical (unpaired) electrons. The SMILES string of the molecule is Cc1c(N)cc(S(=O)(=O)NC2C3C4CCC(C4)C23)cc1Cl. The number of benzene rings is 1. The number of anilines is 1. The quantitative estimate of drug-likeness (QED) is 0.838. The fourth-order valence-electron chi connectivity index (χ4n) is 4.56. The molecule has 0 heterocycles. The number of sulfonamides is 1. The van der Waals surface area contributed by atoms with Gasteiger partial charge in [-0.3, -0.25) is 0 Å². The van der Waals surface area contributed by atoms with Gasteiger partial charge >= 0.3 is 0 Å². The molecule has 114 valence electrons. The molecule has 4 nitrogen and oxygen atoms in total. The van der Waals surface area contributed by atoms with Crippen molar-refractivity contribution in [2.45, 2.75) is 37.1 Å². The minimum absolute atomic E-state index is 0.127. The Hall–Kier alpha value is -0.780. The van der Waals surface area contributed by atoms with Gasteiger partial charge in [-0.05, 0) is 67.6 Å². The summed E-state index contributed by atoms with van der Waals surface area (Å²) >= 11 is 6.06. The zero-order chi connectivity index (χ0) is 14.9. The third kappa shape index (κ3) is 2.01. The first-order chi connectivity index (χ1) is 9.88. The molecule has 4 rings (SSSR count).